The Morgan fingerprint density at radius 3 is 2.46 bits per heavy atom. The van der Waals surface area contributed by atoms with E-state index >= 15 is 0 Å². The van der Waals surface area contributed by atoms with Crippen LogP contribution >= 0.6 is 0 Å². The van der Waals surface area contributed by atoms with Gasteiger partial charge in [0.05, 0.1) is 5.69 Å². The fourth-order valence-corrected chi connectivity index (χ4v) is 3.46. The minimum absolute atomic E-state index is 0.388. The summed E-state index contributed by atoms with van der Waals surface area (Å²) in [6, 6.07) is 24.3. The molecule has 140 valence electrons. The number of nitrogens with zero attached hydrogens (tertiary/aromatic N) is 1. The third-order valence-corrected chi connectivity index (χ3v) is 5.03. The number of fused-ring (bicyclic) bond motifs is 1. The number of carbonyl (C=O) groups excluding carboxylic acids is 1. The molecule has 0 aliphatic heterocycles. The third kappa shape index (κ3) is 3.44. The van der Waals surface area contributed by atoms with Crippen LogP contribution in [0, 0.1) is 0 Å². The second-order valence-electron chi connectivity index (χ2n) is 7.24. The van der Waals surface area contributed by atoms with E-state index in [0.717, 1.165) is 34.2 Å². The molecule has 0 fully saturated rings. The number of rotatable bonds is 6. The lowest BCUT2D eigenvalue weighted by Crippen LogP contribution is -1.99. The van der Waals surface area contributed by atoms with Crippen LogP contribution in [0.2, 0.25) is 0 Å². The van der Waals surface area contributed by atoms with Crippen molar-refractivity contribution in [2.75, 3.05) is 0 Å². The molecule has 2 heterocycles. The van der Waals surface area contributed by atoms with Crippen LogP contribution in [-0.2, 0) is 6.61 Å². The summed E-state index contributed by atoms with van der Waals surface area (Å²) >= 11 is 0. The Morgan fingerprint density at radius 1 is 0.929 bits per heavy atom. The van der Waals surface area contributed by atoms with Crippen molar-refractivity contribution in [3.8, 4) is 16.9 Å². The Hall–Kier alpha value is -3.33. The van der Waals surface area contributed by atoms with Crippen molar-refractivity contribution < 1.29 is 9.53 Å². The Bertz CT molecular complexity index is 1110. The molecule has 28 heavy (non-hydrogen) atoms. The van der Waals surface area contributed by atoms with Crippen molar-refractivity contribution in [2.45, 2.75) is 26.4 Å². The van der Waals surface area contributed by atoms with E-state index < -0.39 is 0 Å². The average molecular weight is 369 g/mol. The van der Waals surface area contributed by atoms with E-state index in [9.17, 15) is 4.79 Å². The second kappa shape index (κ2) is 7.73. The summed E-state index contributed by atoms with van der Waals surface area (Å²) in [4.78, 5) is 11.9. The van der Waals surface area contributed by atoms with Gasteiger partial charge in [0.25, 0.3) is 0 Å². The van der Waals surface area contributed by atoms with Crippen LogP contribution in [0.3, 0.4) is 0 Å². The fraction of sp³-hybridized carbons (Fsp3) is 0.160. The zero-order chi connectivity index (χ0) is 19.5. The van der Waals surface area contributed by atoms with Gasteiger partial charge in [-0.3, -0.25) is 4.79 Å². The maximum Gasteiger partial charge on any atom is 0.167 e. The zero-order valence-corrected chi connectivity index (χ0v) is 16.1. The van der Waals surface area contributed by atoms with Gasteiger partial charge in [-0.15, -0.1) is 0 Å². The van der Waals surface area contributed by atoms with Crippen molar-refractivity contribution in [2.24, 2.45) is 0 Å². The summed E-state index contributed by atoms with van der Waals surface area (Å²) in [6.45, 7) is 4.82. The molecule has 2 aromatic carbocycles. The molecule has 3 heteroatoms. The zero-order valence-electron chi connectivity index (χ0n) is 16.1. The molecule has 2 aromatic heterocycles. The first-order valence-corrected chi connectivity index (χ1v) is 9.53. The molecule has 0 atom stereocenters. The molecule has 0 spiro atoms. The molecule has 0 saturated heterocycles. The van der Waals surface area contributed by atoms with E-state index in [-0.39, 0.29) is 0 Å². The first-order valence-electron chi connectivity index (χ1n) is 9.53. The number of carbonyl (C=O) groups is 1. The predicted molar refractivity (Wildman–Crippen MR) is 113 cm³/mol. The highest BCUT2D eigenvalue weighted by Crippen LogP contribution is 2.36. The van der Waals surface area contributed by atoms with Crippen LogP contribution in [0.1, 0.15) is 41.4 Å². The minimum atomic E-state index is 0.388. The molecular weight excluding hydrogens is 346 g/mol. The van der Waals surface area contributed by atoms with E-state index in [2.05, 4.69) is 32.0 Å². The molecule has 0 aliphatic rings. The smallest absolute Gasteiger partial charge is 0.167 e. The highest BCUT2D eigenvalue weighted by atomic mass is 16.5. The molecule has 0 amide bonds. The highest BCUT2D eigenvalue weighted by Gasteiger charge is 2.17. The van der Waals surface area contributed by atoms with Crippen molar-refractivity contribution >= 4 is 11.8 Å². The third-order valence-electron chi connectivity index (χ3n) is 5.03. The molecule has 0 bridgehead atoms. The number of benzene rings is 2. The van der Waals surface area contributed by atoms with Gasteiger partial charge < -0.3 is 9.14 Å². The SMILES string of the molecule is CC(C)c1ccc(OCc2ccccc2)c(-c2cc3ccccn3c2C=O)c1. The van der Waals surface area contributed by atoms with E-state index in [1.54, 1.807) is 0 Å². The van der Waals surface area contributed by atoms with Crippen molar-refractivity contribution in [3.05, 3.63) is 95.8 Å². The topological polar surface area (TPSA) is 30.7 Å². The first kappa shape index (κ1) is 18.1. The lowest BCUT2D eigenvalue weighted by Gasteiger charge is -2.15. The van der Waals surface area contributed by atoms with Crippen LogP contribution in [-0.4, -0.2) is 10.7 Å². The monoisotopic (exact) mass is 369 g/mol. The maximum absolute atomic E-state index is 11.9. The predicted octanol–water partition coefficient (Wildman–Crippen LogP) is 6.12. The maximum atomic E-state index is 11.9. The number of hydrogen-bond acceptors (Lipinski definition) is 2. The summed E-state index contributed by atoms with van der Waals surface area (Å²) in [5, 5.41) is 0. The van der Waals surface area contributed by atoms with E-state index in [4.69, 9.17) is 4.74 Å². The Kier molecular flexibility index (Phi) is 4.98. The molecule has 0 N–H and O–H groups in total. The van der Waals surface area contributed by atoms with E-state index in [1.165, 1.54) is 5.56 Å². The lowest BCUT2D eigenvalue weighted by molar-refractivity contribution is 0.111. The summed E-state index contributed by atoms with van der Waals surface area (Å²) in [5.41, 5.74) is 5.80. The van der Waals surface area contributed by atoms with Gasteiger partial charge in [0.2, 0.25) is 0 Å². The van der Waals surface area contributed by atoms with Crippen molar-refractivity contribution in [1.29, 1.82) is 0 Å². The molecule has 0 radical (unpaired) electrons. The average Bonchev–Trinajstić information content (AvgIpc) is 3.11. The number of aldehydes is 1. The normalized spacial score (nSPS) is 11.1. The van der Waals surface area contributed by atoms with Gasteiger partial charge >= 0.3 is 0 Å². The number of pyridine rings is 1. The van der Waals surface area contributed by atoms with Gasteiger partial charge in [-0.05, 0) is 47.4 Å². The molecule has 0 saturated carbocycles. The Balaban J connectivity index is 1.82. The van der Waals surface area contributed by atoms with Crippen LogP contribution in [0.25, 0.3) is 16.6 Å². The van der Waals surface area contributed by atoms with Gasteiger partial charge in [0.1, 0.15) is 12.4 Å². The van der Waals surface area contributed by atoms with Crippen LogP contribution in [0.15, 0.2) is 79.0 Å². The van der Waals surface area contributed by atoms with E-state index in [1.807, 2.05) is 65.2 Å². The standard InChI is InChI=1S/C25H23NO2/c1-18(2)20-11-12-25(28-17-19-8-4-3-5-9-19)23(14-20)22-15-21-10-6-7-13-26(21)24(22)16-27/h3-16,18H,17H2,1-2H3. The summed E-state index contributed by atoms with van der Waals surface area (Å²) in [6.07, 6.45) is 2.84. The van der Waals surface area contributed by atoms with Gasteiger partial charge in [0.15, 0.2) is 6.29 Å². The quantitative estimate of drug-likeness (QED) is 0.383. The van der Waals surface area contributed by atoms with Gasteiger partial charge in [0, 0.05) is 22.8 Å². The molecular formula is C25H23NO2. The Morgan fingerprint density at radius 2 is 1.71 bits per heavy atom. The van der Waals surface area contributed by atoms with Gasteiger partial charge in [-0.1, -0.05) is 56.3 Å². The summed E-state index contributed by atoms with van der Waals surface area (Å²) < 4.78 is 8.10. The van der Waals surface area contributed by atoms with Crippen molar-refractivity contribution in [3.63, 3.8) is 0 Å². The molecule has 0 unspecified atom stereocenters. The van der Waals surface area contributed by atoms with Gasteiger partial charge in [-0.2, -0.15) is 0 Å². The van der Waals surface area contributed by atoms with Crippen LogP contribution < -0.4 is 4.74 Å². The van der Waals surface area contributed by atoms with Crippen LogP contribution in [0.4, 0.5) is 0 Å². The molecule has 4 rings (SSSR count). The molecule has 3 nitrogen and oxygen atoms in total. The first-order chi connectivity index (χ1) is 13.7. The summed E-state index contributed by atoms with van der Waals surface area (Å²) in [5.74, 6) is 1.17. The Labute approximate surface area is 165 Å². The van der Waals surface area contributed by atoms with Gasteiger partial charge in [-0.25, -0.2) is 0 Å². The fourth-order valence-electron chi connectivity index (χ4n) is 3.46. The number of ether oxygens (including phenoxy) is 1. The molecule has 0 aliphatic carbocycles. The number of hydrogen-bond donors (Lipinski definition) is 0. The molecule has 4 aromatic rings. The van der Waals surface area contributed by atoms with E-state index in [0.29, 0.717) is 18.2 Å². The minimum Gasteiger partial charge on any atom is -0.488 e. The lowest BCUT2D eigenvalue weighted by atomic mass is 9.96. The van der Waals surface area contributed by atoms with Crippen LogP contribution in [0.5, 0.6) is 5.75 Å². The highest BCUT2D eigenvalue weighted by molar-refractivity contribution is 5.91. The largest absolute Gasteiger partial charge is 0.488 e. The number of aromatic nitrogens is 1. The summed E-state index contributed by atoms with van der Waals surface area (Å²) in [7, 11) is 0. The second-order valence-corrected chi connectivity index (χ2v) is 7.24. The van der Waals surface area contributed by atoms with Crippen molar-refractivity contribution in [1.82, 2.24) is 4.40 Å².